The third kappa shape index (κ3) is 5.52. The Morgan fingerprint density at radius 3 is 3.00 bits per heavy atom. The zero-order valence-electron chi connectivity index (χ0n) is 14.3. The Balaban J connectivity index is 1.76. The van der Waals surface area contributed by atoms with Gasteiger partial charge in [-0.1, -0.05) is 26.0 Å². The summed E-state index contributed by atoms with van der Waals surface area (Å²) in [7, 11) is 0. The van der Waals surface area contributed by atoms with Crippen molar-refractivity contribution in [1.29, 1.82) is 0 Å². The van der Waals surface area contributed by atoms with E-state index in [1.165, 1.54) is 0 Å². The second-order valence-electron chi connectivity index (χ2n) is 6.75. The minimum Gasteiger partial charge on any atom is -0.494 e. The summed E-state index contributed by atoms with van der Waals surface area (Å²) in [4.78, 5) is 14.3. The van der Waals surface area contributed by atoms with Crippen molar-refractivity contribution in [2.45, 2.75) is 33.2 Å². The number of benzene rings is 1. The second-order valence-corrected chi connectivity index (χ2v) is 6.75. The molecule has 3 N–H and O–H groups in total. The Bertz CT molecular complexity index is 521. The molecule has 0 bridgehead atoms. The molecule has 0 aliphatic carbocycles. The van der Waals surface area contributed by atoms with Gasteiger partial charge in [-0.3, -0.25) is 9.69 Å². The summed E-state index contributed by atoms with van der Waals surface area (Å²) in [6.45, 7) is 8.48. The van der Waals surface area contributed by atoms with E-state index >= 15 is 0 Å². The Labute approximate surface area is 139 Å². The molecule has 0 saturated carbocycles. The summed E-state index contributed by atoms with van der Waals surface area (Å²) in [6, 6.07) is 7.89. The van der Waals surface area contributed by atoms with Crippen molar-refractivity contribution in [2.24, 2.45) is 11.1 Å². The quantitative estimate of drug-likeness (QED) is 0.766. The standard InChI is InChI=1S/C18H29N3O2/c1-3-9-23-16-6-4-5-15(10-16)11-20-17(22)12-21-8-7-18(2,13-19)14-21/h4-6,10H,3,7-9,11-14,19H2,1-2H3,(H,20,22). The molecule has 5 heteroatoms. The summed E-state index contributed by atoms with van der Waals surface area (Å²) in [5.74, 6) is 0.919. The van der Waals surface area contributed by atoms with Crippen LogP contribution in [-0.2, 0) is 11.3 Å². The third-order valence-corrected chi connectivity index (χ3v) is 4.36. The van der Waals surface area contributed by atoms with Crippen LogP contribution >= 0.6 is 0 Å². The maximum Gasteiger partial charge on any atom is 0.234 e. The van der Waals surface area contributed by atoms with E-state index in [-0.39, 0.29) is 11.3 Å². The molecule has 1 unspecified atom stereocenters. The van der Waals surface area contributed by atoms with E-state index in [2.05, 4.69) is 24.1 Å². The number of ether oxygens (including phenoxy) is 1. The van der Waals surface area contributed by atoms with Gasteiger partial charge in [0.25, 0.3) is 0 Å². The van der Waals surface area contributed by atoms with Gasteiger partial charge >= 0.3 is 0 Å². The first-order valence-electron chi connectivity index (χ1n) is 8.45. The van der Waals surface area contributed by atoms with Gasteiger partial charge in [-0.15, -0.1) is 0 Å². The van der Waals surface area contributed by atoms with Crippen molar-refractivity contribution in [2.75, 3.05) is 32.8 Å². The van der Waals surface area contributed by atoms with Crippen LogP contribution in [0, 0.1) is 5.41 Å². The average molecular weight is 319 g/mol. The summed E-state index contributed by atoms with van der Waals surface area (Å²) in [5, 5.41) is 2.99. The summed E-state index contributed by atoms with van der Waals surface area (Å²) in [6.07, 6.45) is 2.05. The number of hydrogen-bond donors (Lipinski definition) is 2. The van der Waals surface area contributed by atoms with Gasteiger partial charge in [-0.2, -0.15) is 0 Å². The Hall–Kier alpha value is -1.59. The lowest BCUT2D eigenvalue weighted by molar-refractivity contribution is -0.122. The average Bonchev–Trinajstić information content (AvgIpc) is 2.93. The van der Waals surface area contributed by atoms with Gasteiger partial charge in [0.15, 0.2) is 0 Å². The number of nitrogens with one attached hydrogen (secondary N) is 1. The second kappa shape index (κ2) is 8.31. The lowest BCUT2D eigenvalue weighted by atomic mass is 9.90. The van der Waals surface area contributed by atoms with Crippen LogP contribution in [0.3, 0.4) is 0 Å². The normalized spacial score (nSPS) is 21.3. The monoisotopic (exact) mass is 319 g/mol. The number of likely N-dealkylation sites (tertiary alicyclic amines) is 1. The van der Waals surface area contributed by atoms with Crippen molar-refractivity contribution in [1.82, 2.24) is 10.2 Å². The molecule has 5 nitrogen and oxygen atoms in total. The van der Waals surface area contributed by atoms with Crippen molar-refractivity contribution < 1.29 is 9.53 Å². The summed E-state index contributed by atoms with van der Waals surface area (Å²) >= 11 is 0. The fraction of sp³-hybridized carbons (Fsp3) is 0.611. The molecule has 0 radical (unpaired) electrons. The molecule has 2 rings (SSSR count). The topological polar surface area (TPSA) is 67.6 Å². The number of nitrogens with zero attached hydrogens (tertiary/aromatic N) is 1. The highest BCUT2D eigenvalue weighted by Crippen LogP contribution is 2.27. The molecule has 23 heavy (non-hydrogen) atoms. The first kappa shape index (κ1) is 17.8. The molecule has 1 aromatic carbocycles. The van der Waals surface area contributed by atoms with Gasteiger partial charge in [0.2, 0.25) is 5.91 Å². The third-order valence-electron chi connectivity index (χ3n) is 4.36. The minimum atomic E-state index is 0.0613. The molecule has 0 aromatic heterocycles. The number of rotatable bonds is 8. The van der Waals surface area contributed by atoms with E-state index in [4.69, 9.17) is 10.5 Å². The molecule has 1 atom stereocenters. The fourth-order valence-corrected chi connectivity index (χ4v) is 2.85. The van der Waals surface area contributed by atoms with E-state index in [0.29, 0.717) is 26.2 Å². The van der Waals surface area contributed by atoms with E-state index in [0.717, 1.165) is 37.2 Å². The van der Waals surface area contributed by atoms with Gasteiger partial charge in [-0.05, 0) is 49.0 Å². The van der Waals surface area contributed by atoms with Crippen LogP contribution in [0.2, 0.25) is 0 Å². The van der Waals surface area contributed by atoms with Crippen LogP contribution in [-0.4, -0.2) is 43.6 Å². The molecule has 1 aliphatic rings. The molecule has 1 amide bonds. The van der Waals surface area contributed by atoms with Crippen LogP contribution < -0.4 is 15.8 Å². The number of nitrogens with two attached hydrogens (primary N) is 1. The van der Waals surface area contributed by atoms with Crippen molar-refractivity contribution in [3.05, 3.63) is 29.8 Å². The Kier molecular flexibility index (Phi) is 6.42. The van der Waals surface area contributed by atoms with E-state index in [9.17, 15) is 4.79 Å². The van der Waals surface area contributed by atoms with Crippen molar-refractivity contribution in [3.8, 4) is 5.75 Å². The largest absolute Gasteiger partial charge is 0.494 e. The highest BCUT2D eigenvalue weighted by atomic mass is 16.5. The van der Waals surface area contributed by atoms with Gasteiger partial charge in [0, 0.05) is 13.1 Å². The number of carbonyl (C=O) groups is 1. The van der Waals surface area contributed by atoms with E-state index in [1.807, 2.05) is 24.3 Å². The molecule has 1 aliphatic heterocycles. The van der Waals surface area contributed by atoms with Crippen LogP contribution in [0.15, 0.2) is 24.3 Å². The summed E-state index contributed by atoms with van der Waals surface area (Å²) in [5.41, 5.74) is 7.02. The maximum absolute atomic E-state index is 12.1. The molecule has 0 spiro atoms. The Morgan fingerprint density at radius 2 is 2.30 bits per heavy atom. The number of carbonyl (C=O) groups excluding carboxylic acids is 1. The molecular weight excluding hydrogens is 290 g/mol. The highest BCUT2D eigenvalue weighted by molar-refractivity contribution is 5.78. The van der Waals surface area contributed by atoms with Gasteiger partial charge in [0.1, 0.15) is 5.75 Å². The summed E-state index contributed by atoms with van der Waals surface area (Å²) < 4.78 is 5.61. The smallest absolute Gasteiger partial charge is 0.234 e. The molecule has 128 valence electrons. The van der Waals surface area contributed by atoms with E-state index in [1.54, 1.807) is 0 Å². The molecule has 1 fully saturated rings. The fourth-order valence-electron chi connectivity index (χ4n) is 2.85. The van der Waals surface area contributed by atoms with Crippen LogP contribution in [0.5, 0.6) is 5.75 Å². The van der Waals surface area contributed by atoms with Crippen LogP contribution in [0.4, 0.5) is 0 Å². The van der Waals surface area contributed by atoms with Crippen molar-refractivity contribution >= 4 is 5.91 Å². The predicted octanol–water partition coefficient (Wildman–Crippen LogP) is 1.76. The maximum atomic E-state index is 12.1. The predicted molar refractivity (Wildman–Crippen MR) is 92.3 cm³/mol. The first-order chi connectivity index (χ1) is 11.0. The highest BCUT2D eigenvalue weighted by Gasteiger charge is 2.32. The van der Waals surface area contributed by atoms with Gasteiger partial charge in [0.05, 0.1) is 13.2 Å². The minimum absolute atomic E-state index is 0.0613. The van der Waals surface area contributed by atoms with Gasteiger partial charge < -0.3 is 15.8 Å². The van der Waals surface area contributed by atoms with E-state index < -0.39 is 0 Å². The zero-order valence-corrected chi connectivity index (χ0v) is 14.3. The first-order valence-corrected chi connectivity index (χ1v) is 8.45. The number of amides is 1. The number of hydrogen-bond acceptors (Lipinski definition) is 4. The lowest BCUT2D eigenvalue weighted by Crippen LogP contribution is -2.38. The van der Waals surface area contributed by atoms with Gasteiger partial charge in [-0.25, -0.2) is 0 Å². The Morgan fingerprint density at radius 1 is 1.48 bits per heavy atom. The van der Waals surface area contributed by atoms with Crippen molar-refractivity contribution in [3.63, 3.8) is 0 Å². The molecule has 1 heterocycles. The van der Waals surface area contributed by atoms with Crippen LogP contribution in [0.25, 0.3) is 0 Å². The molecule has 1 aromatic rings. The van der Waals surface area contributed by atoms with Crippen LogP contribution in [0.1, 0.15) is 32.3 Å². The lowest BCUT2D eigenvalue weighted by Gasteiger charge is -2.22. The molecular formula is C18H29N3O2. The molecule has 1 saturated heterocycles. The SMILES string of the molecule is CCCOc1cccc(CNC(=O)CN2CCC(C)(CN)C2)c1. The zero-order chi connectivity index (χ0) is 16.7.